The van der Waals surface area contributed by atoms with Gasteiger partial charge in [0.2, 0.25) is 0 Å². The third kappa shape index (κ3) is 2.55. The van der Waals surface area contributed by atoms with Gasteiger partial charge in [-0.15, -0.1) is 12.4 Å². The minimum atomic E-state index is 0. The van der Waals surface area contributed by atoms with Gasteiger partial charge in [-0.1, -0.05) is 6.92 Å². The van der Waals surface area contributed by atoms with Gasteiger partial charge < -0.3 is 5.73 Å². The Morgan fingerprint density at radius 1 is 1.44 bits per heavy atom. The molecule has 0 aromatic carbocycles. The molecule has 1 fully saturated rings. The van der Waals surface area contributed by atoms with Gasteiger partial charge in [0.1, 0.15) is 0 Å². The average molecular weight is 150 g/mol. The van der Waals surface area contributed by atoms with Gasteiger partial charge >= 0.3 is 0 Å². The van der Waals surface area contributed by atoms with E-state index in [1.165, 1.54) is 19.3 Å². The second-order valence-electron chi connectivity index (χ2n) is 3.02. The van der Waals surface area contributed by atoms with Crippen molar-refractivity contribution < 1.29 is 0 Å². The van der Waals surface area contributed by atoms with Crippen molar-refractivity contribution in [1.82, 2.24) is 0 Å². The normalized spacial score (nSPS) is 32.7. The van der Waals surface area contributed by atoms with Crippen LogP contribution < -0.4 is 5.73 Å². The fraction of sp³-hybridized carbons (Fsp3) is 1.00. The van der Waals surface area contributed by atoms with E-state index in [1.807, 2.05) is 0 Å². The Morgan fingerprint density at radius 2 is 2.00 bits per heavy atom. The molecule has 2 N–H and O–H groups in total. The van der Waals surface area contributed by atoms with Crippen LogP contribution in [0.3, 0.4) is 0 Å². The van der Waals surface area contributed by atoms with Crippen LogP contribution in [0.15, 0.2) is 0 Å². The van der Waals surface area contributed by atoms with Crippen molar-refractivity contribution in [2.45, 2.75) is 26.2 Å². The molecular formula is C7H16ClN. The van der Waals surface area contributed by atoms with Crippen molar-refractivity contribution in [1.29, 1.82) is 0 Å². The molecular weight excluding hydrogens is 134 g/mol. The minimum Gasteiger partial charge on any atom is -0.330 e. The molecule has 0 aliphatic heterocycles. The minimum absolute atomic E-state index is 0. The van der Waals surface area contributed by atoms with Gasteiger partial charge in [0, 0.05) is 0 Å². The lowest BCUT2D eigenvalue weighted by atomic mass is 9.74. The summed E-state index contributed by atoms with van der Waals surface area (Å²) < 4.78 is 0. The predicted molar refractivity (Wildman–Crippen MR) is 42.8 cm³/mol. The molecule has 0 amide bonds. The smallest absolute Gasteiger partial charge is 0.00746 e. The Labute approximate surface area is 63.4 Å². The van der Waals surface area contributed by atoms with Crippen LogP contribution in [0.4, 0.5) is 0 Å². The number of halogens is 1. The standard InChI is InChI=1S/C7H15N.ClH/c1-6-4-7(5-6)2-3-8;/h6-7H,2-5,8H2,1H3;1H. The maximum atomic E-state index is 5.38. The van der Waals surface area contributed by atoms with Gasteiger partial charge in [-0.25, -0.2) is 0 Å². The largest absolute Gasteiger partial charge is 0.330 e. The molecule has 0 bridgehead atoms. The van der Waals surface area contributed by atoms with E-state index in [2.05, 4.69) is 6.92 Å². The highest BCUT2D eigenvalue weighted by molar-refractivity contribution is 5.85. The number of hydrogen-bond acceptors (Lipinski definition) is 1. The summed E-state index contributed by atoms with van der Waals surface area (Å²) in [6.45, 7) is 3.20. The highest BCUT2D eigenvalue weighted by Gasteiger charge is 2.23. The van der Waals surface area contributed by atoms with Crippen molar-refractivity contribution in [3.8, 4) is 0 Å². The summed E-state index contributed by atoms with van der Waals surface area (Å²) in [6, 6.07) is 0. The zero-order valence-electron chi connectivity index (χ0n) is 5.97. The van der Waals surface area contributed by atoms with Crippen LogP contribution in [0.5, 0.6) is 0 Å². The molecule has 1 rings (SSSR count). The molecule has 1 nitrogen and oxygen atoms in total. The first-order chi connectivity index (χ1) is 3.83. The lowest BCUT2D eigenvalue weighted by molar-refractivity contribution is 0.202. The zero-order chi connectivity index (χ0) is 5.98. The van der Waals surface area contributed by atoms with Crippen LogP contribution in [0.25, 0.3) is 0 Å². The first-order valence-corrected chi connectivity index (χ1v) is 3.53. The molecule has 0 radical (unpaired) electrons. The van der Waals surface area contributed by atoms with E-state index in [-0.39, 0.29) is 12.4 Å². The van der Waals surface area contributed by atoms with E-state index in [9.17, 15) is 0 Å². The number of hydrogen-bond donors (Lipinski definition) is 1. The molecule has 56 valence electrons. The van der Waals surface area contributed by atoms with Crippen molar-refractivity contribution >= 4 is 12.4 Å². The Morgan fingerprint density at radius 3 is 2.33 bits per heavy atom. The molecule has 9 heavy (non-hydrogen) atoms. The summed E-state index contributed by atoms with van der Waals surface area (Å²) in [5, 5.41) is 0. The molecule has 0 saturated heterocycles. The lowest BCUT2D eigenvalue weighted by Crippen LogP contribution is -2.23. The third-order valence-electron chi connectivity index (χ3n) is 2.05. The van der Waals surface area contributed by atoms with Crippen LogP contribution in [-0.2, 0) is 0 Å². The van der Waals surface area contributed by atoms with Crippen LogP contribution in [0, 0.1) is 11.8 Å². The Balaban J connectivity index is 0.000000640. The van der Waals surface area contributed by atoms with Gasteiger partial charge in [-0.05, 0) is 37.6 Å². The second-order valence-corrected chi connectivity index (χ2v) is 3.02. The summed E-state index contributed by atoms with van der Waals surface area (Å²) in [7, 11) is 0. The maximum absolute atomic E-state index is 5.38. The summed E-state index contributed by atoms with van der Waals surface area (Å²) in [6.07, 6.45) is 4.11. The van der Waals surface area contributed by atoms with Crippen molar-refractivity contribution in [2.75, 3.05) is 6.54 Å². The fourth-order valence-corrected chi connectivity index (χ4v) is 1.54. The third-order valence-corrected chi connectivity index (χ3v) is 2.05. The van der Waals surface area contributed by atoms with E-state index in [4.69, 9.17) is 5.73 Å². The number of nitrogens with two attached hydrogens (primary N) is 1. The molecule has 1 aliphatic rings. The SMILES string of the molecule is CC1CC(CCN)C1.Cl. The molecule has 0 spiro atoms. The molecule has 1 saturated carbocycles. The summed E-state index contributed by atoms with van der Waals surface area (Å²) in [5.41, 5.74) is 5.38. The van der Waals surface area contributed by atoms with Gasteiger partial charge in [0.05, 0.1) is 0 Å². The monoisotopic (exact) mass is 149 g/mol. The van der Waals surface area contributed by atoms with Gasteiger partial charge in [-0.3, -0.25) is 0 Å². The average Bonchev–Trinajstić information content (AvgIpc) is 1.64. The van der Waals surface area contributed by atoms with Gasteiger partial charge in [-0.2, -0.15) is 0 Å². The molecule has 0 aromatic rings. The predicted octanol–water partition coefficient (Wildman–Crippen LogP) is 1.80. The van der Waals surface area contributed by atoms with Crippen LogP contribution in [0.2, 0.25) is 0 Å². The van der Waals surface area contributed by atoms with Gasteiger partial charge in [0.15, 0.2) is 0 Å². The highest BCUT2D eigenvalue weighted by Crippen LogP contribution is 2.34. The molecule has 0 heterocycles. The fourth-order valence-electron chi connectivity index (χ4n) is 1.54. The van der Waals surface area contributed by atoms with Crippen molar-refractivity contribution in [3.05, 3.63) is 0 Å². The first kappa shape index (κ1) is 9.25. The van der Waals surface area contributed by atoms with Crippen LogP contribution >= 0.6 is 12.4 Å². The van der Waals surface area contributed by atoms with E-state index in [0.29, 0.717) is 0 Å². The van der Waals surface area contributed by atoms with Crippen molar-refractivity contribution in [2.24, 2.45) is 17.6 Å². The summed E-state index contributed by atoms with van der Waals surface area (Å²) >= 11 is 0. The topological polar surface area (TPSA) is 26.0 Å². The first-order valence-electron chi connectivity index (χ1n) is 3.53. The highest BCUT2D eigenvalue weighted by atomic mass is 35.5. The van der Waals surface area contributed by atoms with Gasteiger partial charge in [0.25, 0.3) is 0 Å². The quantitative estimate of drug-likeness (QED) is 0.637. The maximum Gasteiger partial charge on any atom is -0.00746 e. The van der Waals surface area contributed by atoms with E-state index in [1.54, 1.807) is 0 Å². The second kappa shape index (κ2) is 4.13. The van der Waals surface area contributed by atoms with E-state index in [0.717, 1.165) is 18.4 Å². The summed E-state index contributed by atoms with van der Waals surface area (Å²) in [4.78, 5) is 0. The molecule has 0 atom stereocenters. The Kier molecular flexibility index (Phi) is 4.24. The molecule has 2 heteroatoms. The molecule has 0 aromatic heterocycles. The van der Waals surface area contributed by atoms with E-state index >= 15 is 0 Å². The van der Waals surface area contributed by atoms with Crippen molar-refractivity contribution in [3.63, 3.8) is 0 Å². The zero-order valence-corrected chi connectivity index (χ0v) is 6.79. The number of rotatable bonds is 2. The molecule has 1 aliphatic carbocycles. The summed E-state index contributed by atoms with van der Waals surface area (Å²) in [5.74, 6) is 1.97. The Bertz CT molecular complexity index is 66.6. The van der Waals surface area contributed by atoms with Crippen LogP contribution in [0.1, 0.15) is 26.2 Å². The lowest BCUT2D eigenvalue weighted by Gasteiger charge is -2.32. The molecule has 0 unspecified atom stereocenters. The van der Waals surface area contributed by atoms with Crippen LogP contribution in [-0.4, -0.2) is 6.54 Å². The Hall–Kier alpha value is 0.250. The van der Waals surface area contributed by atoms with E-state index < -0.39 is 0 Å².